The molecule has 1 amide bonds. The zero-order valence-corrected chi connectivity index (χ0v) is 18.4. The number of rotatable bonds is 5. The van der Waals surface area contributed by atoms with Gasteiger partial charge in [-0.15, -0.1) is 0 Å². The summed E-state index contributed by atoms with van der Waals surface area (Å²) in [5, 5.41) is 3.52. The Balaban J connectivity index is 1.13. The van der Waals surface area contributed by atoms with Gasteiger partial charge in [0, 0.05) is 25.9 Å². The molecule has 0 radical (unpaired) electrons. The summed E-state index contributed by atoms with van der Waals surface area (Å²) in [5.74, 6) is 0.707. The highest BCUT2D eigenvalue weighted by molar-refractivity contribution is 7.20. The Bertz CT molecular complexity index is 1230. The minimum Gasteiger partial charge on any atom is -0.484 e. The van der Waals surface area contributed by atoms with Gasteiger partial charge in [0.25, 0.3) is 11.1 Å². The molecule has 0 spiro atoms. The number of amides is 1. The van der Waals surface area contributed by atoms with Gasteiger partial charge in [-0.05, 0) is 35.0 Å². The van der Waals surface area contributed by atoms with E-state index >= 15 is 0 Å². The van der Waals surface area contributed by atoms with Gasteiger partial charge in [0.15, 0.2) is 6.61 Å². The van der Waals surface area contributed by atoms with Crippen LogP contribution in [0.1, 0.15) is 12.8 Å². The van der Waals surface area contributed by atoms with Crippen LogP contribution in [0.4, 0.5) is 0 Å². The molecule has 31 heavy (non-hydrogen) atoms. The standard InChI is InChI=1S/C24H21ClN2O3S/c25-20-6-3-7-21-23(20)26-24(31-21)30-18-10-12-27(13-11-18)22(28)15-29-19-9-8-16-4-1-2-5-17(16)14-19/h1-9,14,18H,10-13,15H2. The lowest BCUT2D eigenvalue weighted by Crippen LogP contribution is -2.43. The number of hydrogen-bond acceptors (Lipinski definition) is 5. The van der Waals surface area contributed by atoms with Crippen LogP contribution in [-0.2, 0) is 4.79 Å². The van der Waals surface area contributed by atoms with Crippen LogP contribution in [0.2, 0.25) is 5.02 Å². The first kappa shape index (κ1) is 20.1. The lowest BCUT2D eigenvalue weighted by atomic mass is 10.1. The van der Waals surface area contributed by atoms with Crippen LogP contribution in [0.3, 0.4) is 0 Å². The number of nitrogens with zero attached hydrogens (tertiary/aromatic N) is 2. The maximum Gasteiger partial charge on any atom is 0.274 e. The molecule has 158 valence electrons. The summed E-state index contributed by atoms with van der Waals surface area (Å²) in [5.41, 5.74) is 0.780. The molecule has 5 rings (SSSR count). The van der Waals surface area contributed by atoms with Crippen molar-refractivity contribution in [1.29, 1.82) is 0 Å². The minimum atomic E-state index is -0.00150. The number of likely N-dealkylation sites (tertiary alicyclic amines) is 1. The van der Waals surface area contributed by atoms with Crippen molar-refractivity contribution in [3.8, 4) is 10.9 Å². The fourth-order valence-corrected chi connectivity index (χ4v) is 4.99. The molecule has 1 saturated heterocycles. The van der Waals surface area contributed by atoms with Gasteiger partial charge in [0.05, 0.1) is 9.72 Å². The van der Waals surface area contributed by atoms with E-state index in [1.54, 1.807) is 0 Å². The second-order valence-electron chi connectivity index (χ2n) is 7.56. The fraction of sp³-hybridized carbons (Fsp3) is 0.250. The summed E-state index contributed by atoms with van der Waals surface area (Å²) in [6.07, 6.45) is 1.58. The van der Waals surface area contributed by atoms with Gasteiger partial charge in [-0.25, -0.2) is 4.98 Å². The fourth-order valence-electron chi connectivity index (χ4n) is 3.80. The summed E-state index contributed by atoms with van der Waals surface area (Å²) in [6.45, 7) is 1.34. The average Bonchev–Trinajstić information content (AvgIpc) is 3.22. The summed E-state index contributed by atoms with van der Waals surface area (Å²) >= 11 is 7.70. The van der Waals surface area contributed by atoms with Crippen LogP contribution in [0.5, 0.6) is 10.9 Å². The Morgan fingerprint density at radius 1 is 1.06 bits per heavy atom. The molecule has 4 aromatic rings. The number of benzene rings is 3. The first-order chi connectivity index (χ1) is 15.2. The monoisotopic (exact) mass is 452 g/mol. The predicted molar refractivity (Wildman–Crippen MR) is 124 cm³/mol. The number of para-hydroxylation sites is 1. The topological polar surface area (TPSA) is 51.7 Å². The highest BCUT2D eigenvalue weighted by atomic mass is 35.5. The number of ether oxygens (including phenoxy) is 2. The second-order valence-corrected chi connectivity index (χ2v) is 8.96. The summed E-state index contributed by atoms with van der Waals surface area (Å²) in [7, 11) is 0. The summed E-state index contributed by atoms with van der Waals surface area (Å²) < 4.78 is 12.8. The maximum atomic E-state index is 12.6. The summed E-state index contributed by atoms with van der Waals surface area (Å²) in [6, 6.07) is 19.7. The number of thiazole rings is 1. The van der Waals surface area contributed by atoms with Gasteiger partial charge < -0.3 is 14.4 Å². The number of carbonyl (C=O) groups excluding carboxylic acids is 1. The van der Waals surface area contributed by atoms with E-state index in [1.807, 2.05) is 59.5 Å². The second kappa shape index (κ2) is 8.73. The van der Waals surface area contributed by atoms with Crippen LogP contribution in [0.25, 0.3) is 21.0 Å². The molecular formula is C24H21ClN2O3S. The van der Waals surface area contributed by atoms with Crippen LogP contribution in [0, 0.1) is 0 Å². The smallest absolute Gasteiger partial charge is 0.274 e. The van der Waals surface area contributed by atoms with Gasteiger partial charge in [-0.1, -0.05) is 59.3 Å². The van der Waals surface area contributed by atoms with Gasteiger partial charge in [-0.2, -0.15) is 0 Å². The molecule has 1 aliphatic heterocycles. The molecule has 1 aliphatic rings. The molecule has 0 bridgehead atoms. The quantitative estimate of drug-likeness (QED) is 0.398. The van der Waals surface area contributed by atoms with Crippen molar-refractivity contribution < 1.29 is 14.3 Å². The van der Waals surface area contributed by atoms with Gasteiger partial charge in [-0.3, -0.25) is 4.79 Å². The third-order valence-electron chi connectivity index (χ3n) is 5.50. The minimum absolute atomic E-state index is 0.00150. The Labute approximate surface area is 189 Å². The van der Waals surface area contributed by atoms with E-state index in [-0.39, 0.29) is 18.6 Å². The van der Waals surface area contributed by atoms with E-state index in [0.29, 0.717) is 29.1 Å². The molecule has 7 heteroatoms. The van der Waals surface area contributed by atoms with E-state index in [9.17, 15) is 4.79 Å². The molecule has 0 atom stereocenters. The lowest BCUT2D eigenvalue weighted by Gasteiger charge is -2.31. The number of fused-ring (bicyclic) bond motifs is 2. The molecule has 3 aromatic carbocycles. The zero-order valence-electron chi connectivity index (χ0n) is 16.8. The molecule has 0 N–H and O–H groups in total. The third kappa shape index (κ3) is 4.45. The van der Waals surface area contributed by atoms with E-state index in [2.05, 4.69) is 11.1 Å². The number of aromatic nitrogens is 1. The van der Waals surface area contributed by atoms with E-state index in [0.717, 1.165) is 33.8 Å². The highest BCUT2D eigenvalue weighted by Crippen LogP contribution is 2.33. The van der Waals surface area contributed by atoms with Crippen molar-refractivity contribution in [3.63, 3.8) is 0 Å². The van der Waals surface area contributed by atoms with E-state index in [4.69, 9.17) is 21.1 Å². The van der Waals surface area contributed by atoms with Crippen LogP contribution in [-0.4, -0.2) is 41.6 Å². The largest absolute Gasteiger partial charge is 0.484 e. The normalized spacial score (nSPS) is 14.8. The van der Waals surface area contributed by atoms with Crippen molar-refractivity contribution in [2.24, 2.45) is 0 Å². The zero-order chi connectivity index (χ0) is 21.2. The van der Waals surface area contributed by atoms with Crippen LogP contribution in [0.15, 0.2) is 60.7 Å². The van der Waals surface area contributed by atoms with Crippen molar-refractivity contribution >= 4 is 49.8 Å². The number of carbonyl (C=O) groups is 1. The SMILES string of the molecule is O=C(COc1ccc2ccccc2c1)N1CCC(Oc2nc3c(Cl)cccc3s2)CC1. The average molecular weight is 453 g/mol. The van der Waals surface area contributed by atoms with Crippen molar-refractivity contribution in [3.05, 3.63) is 65.7 Å². The van der Waals surface area contributed by atoms with Crippen LogP contribution >= 0.6 is 22.9 Å². The lowest BCUT2D eigenvalue weighted by molar-refractivity contribution is -0.135. The highest BCUT2D eigenvalue weighted by Gasteiger charge is 2.25. The molecular weight excluding hydrogens is 432 g/mol. The van der Waals surface area contributed by atoms with Gasteiger partial charge >= 0.3 is 0 Å². The Hall–Kier alpha value is -2.83. The maximum absolute atomic E-state index is 12.6. The molecule has 0 unspecified atom stereocenters. The molecule has 1 aromatic heterocycles. The molecule has 2 heterocycles. The van der Waals surface area contributed by atoms with Crippen molar-refractivity contribution in [2.45, 2.75) is 18.9 Å². The van der Waals surface area contributed by atoms with Crippen molar-refractivity contribution in [2.75, 3.05) is 19.7 Å². The molecule has 1 fully saturated rings. The number of hydrogen-bond donors (Lipinski definition) is 0. The van der Waals surface area contributed by atoms with E-state index in [1.165, 1.54) is 11.3 Å². The van der Waals surface area contributed by atoms with Gasteiger partial charge in [0.2, 0.25) is 0 Å². The Kier molecular flexibility index (Phi) is 5.66. The summed E-state index contributed by atoms with van der Waals surface area (Å²) in [4.78, 5) is 18.9. The predicted octanol–water partition coefficient (Wildman–Crippen LogP) is 5.55. The molecule has 0 saturated carbocycles. The van der Waals surface area contributed by atoms with E-state index < -0.39 is 0 Å². The Morgan fingerprint density at radius 2 is 1.87 bits per heavy atom. The number of piperidine rings is 1. The number of halogens is 1. The van der Waals surface area contributed by atoms with Crippen molar-refractivity contribution in [1.82, 2.24) is 9.88 Å². The first-order valence-corrected chi connectivity index (χ1v) is 11.5. The Morgan fingerprint density at radius 3 is 2.68 bits per heavy atom. The van der Waals surface area contributed by atoms with Crippen LogP contribution < -0.4 is 9.47 Å². The molecule has 5 nitrogen and oxygen atoms in total. The first-order valence-electron chi connectivity index (χ1n) is 10.3. The third-order valence-corrected chi connectivity index (χ3v) is 6.71. The molecule has 0 aliphatic carbocycles. The van der Waals surface area contributed by atoms with Gasteiger partial charge in [0.1, 0.15) is 17.4 Å².